The van der Waals surface area contributed by atoms with Gasteiger partial charge in [0.15, 0.2) is 11.2 Å². The zero-order valence-electron chi connectivity index (χ0n) is 36.4. The molecule has 0 aliphatic carbocycles. The second kappa shape index (κ2) is 11.0. The van der Waals surface area contributed by atoms with Gasteiger partial charge >= 0.3 is 0 Å². The summed E-state index contributed by atoms with van der Waals surface area (Å²) < 4.78 is 18.8. The normalized spacial score (nSPS) is 13.9. The van der Waals surface area contributed by atoms with Crippen LogP contribution in [0.5, 0.6) is 0 Å². The number of benzene rings is 7. The number of aromatic nitrogens is 4. The molecule has 0 N–H and O–H groups in total. The number of pyridine rings is 1. The number of hydrogen-bond acceptors (Lipinski definition) is 4. The third kappa shape index (κ3) is 4.08. The van der Waals surface area contributed by atoms with Crippen LogP contribution in [0.2, 0.25) is 0 Å². The van der Waals surface area contributed by atoms with Crippen LogP contribution in [0.15, 0.2) is 106 Å². The standard InChI is InChI=1S/C55H43BN4O2/c1-26-12-10-13-27(2)42(26)52-57-45-48-37(24-35-33-22-29(54(4,5)6)16-20-40(33)61-50(35)45)56-38-25-36-34-23-30(55(7,8)9)17-21-41(34)62-51(36)46-49(38)60-47-32(18-19-39(44(47)56)59(48)52)31-15-11-14-28(3)43(31)53(60)58-46/h10-25H,1-9H3. The third-order valence-electron chi connectivity index (χ3n) is 14.6. The molecule has 0 amide bonds. The molecule has 62 heavy (non-hydrogen) atoms. The van der Waals surface area contributed by atoms with Crippen molar-refractivity contribution in [2.45, 2.75) is 73.1 Å². The molecule has 0 fully saturated rings. The van der Waals surface area contributed by atoms with Gasteiger partial charge in [0.25, 0.3) is 6.71 Å². The van der Waals surface area contributed by atoms with Crippen molar-refractivity contribution in [3.05, 3.63) is 125 Å². The Morgan fingerprint density at radius 1 is 0.532 bits per heavy atom. The maximum Gasteiger partial charge on any atom is 0.252 e. The first-order valence-electron chi connectivity index (χ1n) is 21.9. The minimum atomic E-state index is -0.122. The fourth-order valence-electron chi connectivity index (χ4n) is 11.5. The van der Waals surface area contributed by atoms with E-state index in [9.17, 15) is 0 Å². The maximum absolute atomic E-state index is 6.94. The topological polar surface area (TPSA) is 61.4 Å². The number of aryl methyl sites for hydroxylation is 3. The van der Waals surface area contributed by atoms with Gasteiger partial charge in [-0.3, -0.25) is 8.97 Å². The molecule has 7 heterocycles. The van der Waals surface area contributed by atoms with Crippen LogP contribution in [0.25, 0.3) is 110 Å². The zero-order valence-corrected chi connectivity index (χ0v) is 36.4. The molecule has 14 rings (SSSR count). The number of imidazole rings is 2. The second-order valence-electron chi connectivity index (χ2n) is 20.3. The minimum Gasteiger partial charge on any atom is -0.454 e. The number of hydrogen-bond donors (Lipinski definition) is 0. The van der Waals surface area contributed by atoms with E-state index in [1.165, 1.54) is 65.9 Å². The second-order valence-corrected chi connectivity index (χ2v) is 20.3. The van der Waals surface area contributed by atoms with Crippen LogP contribution in [0.3, 0.4) is 0 Å². The first-order valence-corrected chi connectivity index (χ1v) is 21.9. The smallest absolute Gasteiger partial charge is 0.252 e. The number of rotatable bonds is 1. The lowest BCUT2D eigenvalue weighted by atomic mass is 9.34. The molecular formula is C55H43BN4O2. The van der Waals surface area contributed by atoms with Gasteiger partial charge in [-0.15, -0.1) is 0 Å². The van der Waals surface area contributed by atoms with Gasteiger partial charge in [-0.05, 0) is 112 Å². The van der Waals surface area contributed by atoms with E-state index in [1.54, 1.807) is 0 Å². The largest absolute Gasteiger partial charge is 0.454 e. The van der Waals surface area contributed by atoms with Crippen molar-refractivity contribution in [2.75, 3.05) is 0 Å². The monoisotopic (exact) mass is 802 g/mol. The summed E-state index contributed by atoms with van der Waals surface area (Å²) >= 11 is 0. The predicted molar refractivity (Wildman–Crippen MR) is 259 cm³/mol. The average Bonchev–Trinajstić information content (AvgIpc) is 4.01. The van der Waals surface area contributed by atoms with Crippen LogP contribution in [0.1, 0.15) is 69.4 Å². The Labute approximate surface area is 357 Å². The predicted octanol–water partition coefficient (Wildman–Crippen LogP) is 12.3. The van der Waals surface area contributed by atoms with Crippen molar-refractivity contribution in [3.8, 4) is 17.1 Å². The Kier molecular flexibility index (Phi) is 6.15. The molecule has 7 aromatic carbocycles. The van der Waals surface area contributed by atoms with Crippen LogP contribution in [0, 0.1) is 20.8 Å². The summed E-state index contributed by atoms with van der Waals surface area (Å²) in [4.78, 5) is 11.4. The van der Waals surface area contributed by atoms with Crippen molar-refractivity contribution in [1.82, 2.24) is 18.9 Å². The van der Waals surface area contributed by atoms with Gasteiger partial charge < -0.3 is 8.83 Å². The van der Waals surface area contributed by atoms with Crippen LogP contribution in [0.4, 0.5) is 0 Å². The fraction of sp³-hybridized carbons (Fsp3) is 0.200. The van der Waals surface area contributed by atoms with Crippen molar-refractivity contribution >= 4 is 116 Å². The molecule has 6 nitrogen and oxygen atoms in total. The van der Waals surface area contributed by atoms with Gasteiger partial charge in [-0.1, -0.05) is 108 Å². The molecular weight excluding hydrogens is 759 g/mol. The number of nitrogens with zero attached hydrogens (tertiary/aromatic N) is 4. The molecule has 0 radical (unpaired) electrons. The summed E-state index contributed by atoms with van der Waals surface area (Å²) in [5.41, 5.74) is 21.8. The average molecular weight is 803 g/mol. The molecule has 0 bridgehead atoms. The highest BCUT2D eigenvalue weighted by Gasteiger charge is 2.43. The van der Waals surface area contributed by atoms with E-state index in [0.29, 0.717) is 0 Å². The van der Waals surface area contributed by atoms with E-state index < -0.39 is 0 Å². The van der Waals surface area contributed by atoms with Crippen LogP contribution in [-0.2, 0) is 10.8 Å². The molecule has 12 aromatic rings. The van der Waals surface area contributed by atoms with Gasteiger partial charge in [-0.2, -0.15) is 0 Å². The fourth-order valence-corrected chi connectivity index (χ4v) is 11.5. The molecule has 0 unspecified atom stereocenters. The van der Waals surface area contributed by atoms with Crippen LogP contribution >= 0.6 is 0 Å². The Balaban J connectivity index is 1.24. The van der Waals surface area contributed by atoms with E-state index in [0.717, 1.165) is 88.7 Å². The lowest BCUT2D eigenvalue weighted by molar-refractivity contribution is 0.590. The Morgan fingerprint density at radius 2 is 1.11 bits per heavy atom. The molecule has 0 atom stereocenters. The molecule has 0 saturated heterocycles. The quantitative estimate of drug-likeness (QED) is 0.122. The lowest BCUT2D eigenvalue weighted by Gasteiger charge is -2.32. The Morgan fingerprint density at radius 3 is 1.74 bits per heavy atom. The highest BCUT2D eigenvalue weighted by molar-refractivity contribution is 7.01. The summed E-state index contributed by atoms with van der Waals surface area (Å²) in [6.07, 6.45) is 0. The van der Waals surface area contributed by atoms with Crippen molar-refractivity contribution in [3.63, 3.8) is 0 Å². The van der Waals surface area contributed by atoms with Crippen molar-refractivity contribution in [1.29, 1.82) is 0 Å². The first-order chi connectivity index (χ1) is 29.8. The lowest BCUT2D eigenvalue weighted by Crippen LogP contribution is -2.58. The molecule has 0 spiro atoms. The van der Waals surface area contributed by atoms with Gasteiger partial charge in [0, 0.05) is 43.6 Å². The van der Waals surface area contributed by atoms with Gasteiger partial charge in [0.1, 0.15) is 33.7 Å². The van der Waals surface area contributed by atoms with E-state index in [-0.39, 0.29) is 17.5 Å². The van der Waals surface area contributed by atoms with Gasteiger partial charge in [0.05, 0.1) is 16.6 Å². The molecule has 5 aromatic heterocycles. The molecule has 298 valence electrons. The van der Waals surface area contributed by atoms with E-state index in [4.69, 9.17) is 18.8 Å². The highest BCUT2D eigenvalue weighted by atomic mass is 16.3. The van der Waals surface area contributed by atoms with E-state index >= 15 is 0 Å². The van der Waals surface area contributed by atoms with Crippen LogP contribution in [-0.4, -0.2) is 25.6 Å². The number of fused-ring (bicyclic) bond motifs is 14. The number of furan rings is 2. The highest BCUT2D eigenvalue weighted by Crippen LogP contribution is 2.45. The van der Waals surface area contributed by atoms with E-state index in [1.807, 2.05) is 0 Å². The first kappa shape index (κ1) is 34.8. The van der Waals surface area contributed by atoms with Gasteiger partial charge in [-0.25, -0.2) is 9.97 Å². The summed E-state index contributed by atoms with van der Waals surface area (Å²) in [6.45, 7) is 20.2. The molecule has 7 heteroatoms. The summed E-state index contributed by atoms with van der Waals surface area (Å²) in [5, 5.41) is 8.07. The summed E-state index contributed by atoms with van der Waals surface area (Å²) in [6, 6.07) is 36.3. The van der Waals surface area contributed by atoms with Crippen LogP contribution < -0.4 is 16.4 Å². The summed E-state index contributed by atoms with van der Waals surface area (Å²) in [5.74, 6) is 0.940. The molecule has 0 saturated carbocycles. The third-order valence-corrected chi connectivity index (χ3v) is 14.6. The zero-order chi connectivity index (χ0) is 42.0. The Bertz CT molecular complexity index is 4080. The van der Waals surface area contributed by atoms with Crippen molar-refractivity contribution < 1.29 is 8.83 Å². The molecule has 2 aliphatic rings. The Hall–Kier alpha value is -6.86. The van der Waals surface area contributed by atoms with Gasteiger partial charge in [0.2, 0.25) is 0 Å². The van der Waals surface area contributed by atoms with Crippen molar-refractivity contribution in [2.24, 2.45) is 0 Å². The summed E-state index contributed by atoms with van der Waals surface area (Å²) in [7, 11) is 0. The van der Waals surface area contributed by atoms with E-state index in [2.05, 4.69) is 168 Å². The maximum atomic E-state index is 6.94. The minimum absolute atomic E-state index is 0.0225. The SMILES string of the molecule is Cc1cccc(C)c1-c1nc2c3oc4ccc(C(C)(C)C)cc4c3cc3c2n1-c1ccc2c4cccc(C)c4c4nc5c6oc7ccc(C(C)(C)C)cc7c6cc6c5n4c2c1B36. The molecule has 2 aliphatic heterocycles.